The fraction of sp³-hybridized carbons (Fsp3) is 0.263. The predicted octanol–water partition coefficient (Wildman–Crippen LogP) is 2.73. The van der Waals surface area contributed by atoms with E-state index in [1.807, 2.05) is 55.5 Å². The second-order valence-electron chi connectivity index (χ2n) is 6.07. The van der Waals surface area contributed by atoms with Gasteiger partial charge in [-0.2, -0.15) is 4.68 Å². The van der Waals surface area contributed by atoms with Crippen LogP contribution in [-0.2, 0) is 11.3 Å². The van der Waals surface area contributed by atoms with E-state index in [1.54, 1.807) is 23.7 Å². The first-order valence-electron chi connectivity index (χ1n) is 8.42. The third kappa shape index (κ3) is 4.65. The summed E-state index contributed by atoms with van der Waals surface area (Å²) in [5, 5.41) is 12.3. The van der Waals surface area contributed by atoms with Gasteiger partial charge < -0.3 is 9.64 Å². The minimum atomic E-state index is 0.00940. The Morgan fingerprint density at radius 3 is 2.67 bits per heavy atom. The van der Waals surface area contributed by atoms with Crippen molar-refractivity contribution < 1.29 is 9.53 Å². The highest BCUT2D eigenvalue weighted by molar-refractivity contribution is 7.99. The minimum absolute atomic E-state index is 0.00940. The summed E-state index contributed by atoms with van der Waals surface area (Å²) in [5.74, 6) is 0.919. The number of para-hydroxylation sites is 2. The van der Waals surface area contributed by atoms with Crippen LogP contribution in [0.25, 0.3) is 5.69 Å². The Hall–Kier alpha value is -2.87. The van der Waals surface area contributed by atoms with Crippen molar-refractivity contribution in [3.05, 3.63) is 59.7 Å². The van der Waals surface area contributed by atoms with Crippen LogP contribution < -0.4 is 4.74 Å². The molecule has 0 atom stereocenters. The lowest BCUT2D eigenvalue weighted by molar-refractivity contribution is -0.127. The zero-order valence-corrected chi connectivity index (χ0v) is 16.3. The van der Waals surface area contributed by atoms with Crippen molar-refractivity contribution in [3.8, 4) is 11.4 Å². The Labute approximate surface area is 162 Å². The molecule has 0 N–H and O–H groups in total. The van der Waals surface area contributed by atoms with Gasteiger partial charge in [0.15, 0.2) is 0 Å². The van der Waals surface area contributed by atoms with Crippen LogP contribution in [0.1, 0.15) is 11.1 Å². The highest BCUT2D eigenvalue weighted by Crippen LogP contribution is 2.25. The molecular weight excluding hydrogens is 362 g/mol. The van der Waals surface area contributed by atoms with Gasteiger partial charge in [0.05, 0.1) is 12.9 Å². The minimum Gasteiger partial charge on any atom is -0.494 e. The van der Waals surface area contributed by atoms with Gasteiger partial charge in [0, 0.05) is 13.6 Å². The Bertz CT molecular complexity index is 910. The number of tetrazole rings is 1. The number of ether oxygens (including phenoxy) is 1. The van der Waals surface area contributed by atoms with Crippen LogP contribution in [0.4, 0.5) is 0 Å². The van der Waals surface area contributed by atoms with Gasteiger partial charge in [-0.25, -0.2) is 0 Å². The number of carbonyl (C=O) groups excluding carboxylic acids is 1. The average Bonchev–Trinajstić information content (AvgIpc) is 3.16. The molecule has 27 heavy (non-hydrogen) atoms. The fourth-order valence-corrected chi connectivity index (χ4v) is 3.34. The summed E-state index contributed by atoms with van der Waals surface area (Å²) in [7, 11) is 3.39. The van der Waals surface area contributed by atoms with Gasteiger partial charge in [-0.1, -0.05) is 53.7 Å². The third-order valence-electron chi connectivity index (χ3n) is 4.05. The summed E-state index contributed by atoms with van der Waals surface area (Å²) in [5.41, 5.74) is 3.03. The molecule has 8 heteroatoms. The van der Waals surface area contributed by atoms with Crippen LogP contribution in [0.15, 0.2) is 53.7 Å². The summed E-state index contributed by atoms with van der Waals surface area (Å²) in [6.45, 7) is 2.61. The molecule has 3 aromatic rings. The number of hydrogen-bond donors (Lipinski definition) is 0. The molecule has 0 spiro atoms. The summed E-state index contributed by atoms with van der Waals surface area (Å²) >= 11 is 1.30. The number of thioether (sulfide) groups is 1. The van der Waals surface area contributed by atoms with Gasteiger partial charge in [-0.15, -0.1) is 5.10 Å². The third-order valence-corrected chi connectivity index (χ3v) is 4.95. The highest BCUT2D eigenvalue weighted by atomic mass is 32.2. The smallest absolute Gasteiger partial charge is 0.233 e. The number of aromatic nitrogens is 4. The lowest BCUT2D eigenvalue weighted by Gasteiger charge is -2.17. The van der Waals surface area contributed by atoms with Crippen molar-refractivity contribution in [2.24, 2.45) is 0 Å². The molecule has 0 aliphatic heterocycles. The molecule has 0 aliphatic carbocycles. The summed E-state index contributed by atoms with van der Waals surface area (Å²) in [6.07, 6.45) is 0. The first-order valence-corrected chi connectivity index (χ1v) is 9.41. The van der Waals surface area contributed by atoms with E-state index in [4.69, 9.17) is 4.74 Å². The number of rotatable bonds is 7. The number of aryl methyl sites for hydroxylation is 1. The van der Waals surface area contributed by atoms with Crippen LogP contribution in [0.2, 0.25) is 0 Å². The molecule has 2 aromatic carbocycles. The van der Waals surface area contributed by atoms with Gasteiger partial charge in [0.1, 0.15) is 11.4 Å². The number of carbonyl (C=O) groups is 1. The van der Waals surface area contributed by atoms with E-state index in [0.29, 0.717) is 17.5 Å². The van der Waals surface area contributed by atoms with Crippen molar-refractivity contribution in [2.45, 2.75) is 18.6 Å². The zero-order chi connectivity index (χ0) is 19.2. The SMILES string of the molecule is COc1ccccc1-n1nnnc1SCC(=O)N(C)Cc1ccc(C)cc1. The van der Waals surface area contributed by atoms with Crippen LogP contribution in [0.5, 0.6) is 5.75 Å². The number of methoxy groups -OCH3 is 1. The quantitative estimate of drug-likeness (QED) is 0.584. The van der Waals surface area contributed by atoms with Gasteiger partial charge in [0.25, 0.3) is 0 Å². The molecule has 140 valence electrons. The van der Waals surface area contributed by atoms with E-state index < -0.39 is 0 Å². The van der Waals surface area contributed by atoms with Crippen LogP contribution >= 0.6 is 11.8 Å². The molecule has 0 fully saturated rings. The topological polar surface area (TPSA) is 73.1 Å². The molecule has 0 aliphatic rings. The standard InChI is InChI=1S/C19H21N5O2S/c1-14-8-10-15(11-9-14)12-23(2)18(25)13-27-19-20-21-22-24(19)16-6-4-5-7-17(16)26-3/h4-11H,12-13H2,1-3H3. The van der Waals surface area contributed by atoms with Crippen molar-refractivity contribution >= 4 is 17.7 Å². The second kappa shape index (κ2) is 8.68. The largest absolute Gasteiger partial charge is 0.494 e. The van der Waals surface area contributed by atoms with E-state index in [0.717, 1.165) is 11.3 Å². The van der Waals surface area contributed by atoms with Gasteiger partial charge >= 0.3 is 0 Å². The zero-order valence-electron chi connectivity index (χ0n) is 15.5. The maximum absolute atomic E-state index is 12.5. The molecule has 0 radical (unpaired) electrons. The predicted molar refractivity (Wildman–Crippen MR) is 104 cm³/mol. The lowest BCUT2D eigenvalue weighted by Crippen LogP contribution is -2.27. The molecule has 1 amide bonds. The summed E-state index contributed by atoms with van der Waals surface area (Å²) in [4.78, 5) is 14.2. The van der Waals surface area contributed by atoms with E-state index in [1.165, 1.54) is 17.3 Å². The van der Waals surface area contributed by atoms with Crippen LogP contribution in [-0.4, -0.2) is 50.9 Å². The molecular formula is C19H21N5O2S. The molecule has 0 bridgehead atoms. The highest BCUT2D eigenvalue weighted by Gasteiger charge is 2.16. The first-order chi connectivity index (χ1) is 13.1. The maximum Gasteiger partial charge on any atom is 0.233 e. The second-order valence-corrected chi connectivity index (χ2v) is 7.01. The lowest BCUT2D eigenvalue weighted by atomic mass is 10.1. The van der Waals surface area contributed by atoms with E-state index in [-0.39, 0.29) is 11.7 Å². The maximum atomic E-state index is 12.5. The van der Waals surface area contributed by atoms with Crippen molar-refractivity contribution in [2.75, 3.05) is 19.9 Å². The molecule has 1 aromatic heterocycles. The molecule has 1 heterocycles. The molecule has 3 rings (SSSR count). The molecule has 0 unspecified atom stereocenters. The Morgan fingerprint density at radius 2 is 1.93 bits per heavy atom. The van der Waals surface area contributed by atoms with E-state index in [9.17, 15) is 4.79 Å². The molecule has 0 saturated carbocycles. The summed E-state index contributed by atoms with van der Waals surface area (Å²) < 4.78 is 6.94. The van der Waals surface area contributed by atoms with Gasteiger partial charge in [-0.3, -0.25) is 4.79 Å². The van der Waals surface area contributed by atoms with Gasteiger partial charge in [-0.05, 0) is 35.0 Å². The fourth-order valence-electron chi connectivity index (χ4n) is 2.52. The van der Waals surface area contributed by atoms with Crippen molar-refractivity contribution in [1.29, 1.82) is 0 Å². The monoisotopic (exact) mass is 383 g/mol. The first kappa shape index (κ1) is 18.9. The normalized spacial score (nSPS) is 10.6. The number of amides is 1. The van der Waals surface area contributed by atoms with Crippen LogP contribution in [0, 0.1) is 6.92 Å². The Morgan fingerprint density at radius 1 is 1.19 bits per heavy atom. The van der Waals surface area contributed by atoms with Crippen molar-refractivity contribution in [3.63, 3.8) is 0 Å². The average molecular weight is 383 g/mol. The van der Waals surface area contributed by atoms with Crippen molar-refractivity contribution in [1.82, 2.24) is 25.1 Å². The Kier molecular flexibility index (Phi) is 6.08. The van der Waals surface area contributed by atoms with E-state index in [2.05, 4.69) is 15.5 Å². The number of hydrogen-bond acceptors (Lipinski definition) is 6. The molecule has 0 saturated heterocycles. The Balaban J connectivity index is 1.64. The van der Waals surface area contributed by atoms with Crippen LogP contribution in [0.3, 0.4) is 0 Å². The number of nitrogens with zero attached hydrogens (tertiary/aromatic N) is 5. The number of benzene rings is 2. The van der Waals surface area contributed by atoms with Gasteiger partial charge in [0.2, 0.25) is 11.1 Å². The van der Waals surface area contributed by atoms with E-state index >= 15 is 0 Å². The molecule has 7 nitrogen and oxygen atoms in total. The summed E-state index contributed by atoms with van der Waals surface area (Å²) in [6, 6.07) is 15.6.